The van der Waals surface area contributed by atoms with Gasteiger partial charge in [-0.1, -0.05) is 0 Å². The summed E-state index contributed by atoms with van der Waals surface area (Å²) in [5, 5.41) is 16.3. The zero-order valence-electron chi connectivity index (χ0n) is 15.1. The molecule has 27 heavy (non-hydrogen) atoms. The first kappa shape index (κ1) is 17.5. The van der Waals surface area contributed by atoms with Crippen molar-refractivity contribution in [2.45, 2.75) is 37.3 Å². The van der Waals surface area contributed by atoms with Crippen LogP contribution in [0.15, 0.2) is 42.7 Å². The van der Waals surface area contributed by atoms with E-state index in [2.05, 4.69) is 26.4 Å². The van der Waals surface area contributed by atoms with Crippen LogP contribution in [0.3, 0.4) is 0 Å². The molecule has 8 heteroatoms. The summed E-state index contributed by atoms with van der Waals surface area (Å²) in [6.07, 6.45) is 7.00. The molecule has 0 radical (unpaired) electrons. The molecule has 2 fully saturated rings. The molecule has 2 aliphatic rings. The topological polar surface area (TPSA) is 100 Å². The van der Waals surface area contributed by atoms with Gasteiger partial charge in [-0.15, -0.1) is 0 Å². The third kappa shape index (κ3) is 3.95. The number of carbonyl (C=O) groups is 2. The molecule has 4 N–H and O–H groups in total. The average Bonchev–Trinajstić information content (AvgIpc) is 3.31. The highest BCUT2D eigenvalue weighted by molar-refractivity contribution is 5.97. The van der Waals surface area contributed by atoms with Crippen LogP contribution in [0.4, 0.5) is 16.2 Å². The van der Waals surface area contributed by atoms with E-state index in [0.29, 0.717) is 30.3 Å². The summed E-state index contributed by atoms with van der Waals surface area (Å²) < 4.78 is 1.77. The fourth-order valence-corrected chi connectivity index (χ4v) is 3.39. The van der Waals surface area contributed by atoms with E-state index < -0.39 is 5.54 Å². The molecule has 0 atom stereocenters. The second kappa shape index (κ2) is 7.40. The Balaban J connectivity index is 1.42. The van der Waals surface area contributed by atoms with E-state index in [0.717, 1.165) is 25.9 Å². The van der Waals surface area contributed by atoms with Gasteiger partial charge in [0.05, 0.1) is 0 Å². The van der Waals surface area contributed by atoms with Gasteiger partial charge in [-0.2, -0.15) is 5.10 Å². The number of rotatable bonds is 5. The van der Waals surface area contributed by atoms with Crippen molar-refractivity contribution in [3.05, 3.63) is 42.7 Å². The first-order valence-electron chi connectivity index (χ1n) is 9.36. The van der Waals surface area contributed by atoms with Gasteiger partial charge in [0.2, 0.25) is 0 Å². The van der Waals surface area contributed by atoms with Crippen molar-refractivity contribution in [2.75, 3.05) is 23.7 Å². The summed E-state index contributed by atoms with van der Waals surface area (Å²) in [6, 6.07) is 9.11. The van der Waals surface area contributed by atoms with Crippen LogP contribution in [0.5, 0.6) is 0 Å². The first-order chi connectivity index (χ1) is 13.2. The van der Waals surface area contributed by atoms with Gasteiger partial charge in [0.25, 0.3) is 5.91 Å². The van der Waals surface area contributed by atoms with Gasteiger partial charge < -0.3 is 21.3 Å². The minimum atomic E-state index is -0.685. The molecular weight excluding hydrogens is 344 g/mol. The lowest BCUT2D eigenvalue weighted by Crippen LogP contribution is -2.52. The predicted octanol–water partition coefficient (Wildman–Crippen LogP) is 1.88. The number of piperidine rings is 1. The highest BCUT2D eigenvalue weighted by atomic mass is 16.2. The number of hydrogen-bond donors (Lipinski definition) is 4. The fourth-order valence-electron chi connectivity index (χ4n) is 3.39. The van der Waals surface area contributed by atoms with E-state index in [1.54, 1.807) is 35.1 Å². The van der Waals surface area contributed by atoms with Gasteiger partial charge in [-0.3, -0.25) is 9.48 Å². The second-order valence-corrected chi connectivity index (χ2v) is 7.14. The van der Waals surface area contributed by atoms with E-state index in [1.165, 1.54) is 0 Å². The summed E-state index contributed by atoms with van der Waals surface area (Å²) in [6.45, 7) is 1.54. The lowest BCUT2D eigenvalue weighted by molar-refractivity contribution is -0.126. The Hall–Kier alpha value is -2.87. The van der Waals surface area contributed by atoms with Crippen LogP contribution < -0.4 is 21.3 Å². The quantitative estimate of drug-likeness (QED) is 0.647. The zero-order chi connectivity index (χ0) is 18.7. The summed E-state index contributed by atoms with van der Waals surface area (Å²) in [5.41, 5.74) is 0.698. The molecule has 8 nitrogen and oxygen atoms in total. The number of hydrogen-bond acceptors (Lipinski definition) is 4. The van der Waals surface area contributed by atoms with Crippen LogP contribution in [0.1, 0.15) is 25.7 Å². The Morgan fingerprint density at radius 3 is 2.33 bits per heavy atom. The van der Waals surface area contributed by atoms with Crippen molar-refractivity contribution >= 4 is 23.3 Å². The van der Waals surface area contributed by atoms with E-state index in [4.69, 9.17) is 0 Å². The fraction of sp³-hybridized carbons (Fsp3) is 0.421. The Bertz CT molecular complexity index is 792. The van der Waals surface area contributed by atoms with E-state index >= 15 is 0 Å². The van der Waals surface area contributed by atoms with Crippen molar-refractivity contribution in [3.8, 4) is 0 Å². The van der Waals surface area contributed by atoms with E-state index in [-0.39, 0.29) is 11.9 Å². The maximum absolute atomic E-state index is 13.1. The van der Waals surface area contributed by atoms with Crippen molar-refractivity contribution in [2.24, 2.45) is 0 Å². The molecule has 1 saturated heterocycles. The highest BCUT2D eigenvalue weighted by Gasteiger charge is 2.42. The molecule has 1 aliphatic heterocycles. The molecule has 1 aromatic carbocycles. The highest BCUT2D eigenvalue weighted by Crippen LogP contribution is 2.29. The molecule has 0 unspecified atom stereocenters. The Morgan fingerprint density at radius 1 is 1.07 bits per heavy atom. The van der Waals surface area contributed by atoms with Crippen molar-refractivity contribution in [1.82, 2.24) is 20.4 Å². The number of amides is 3. The second-order valence-electron chi connectivity index (χ2n) is 7.14. The number of anilines is 2. The summed E-state index contributed by atoms with van der Waals surface area (Å²) in [5.74, 6) is -0.0696. The molecule has 0 bridgehead atoms. The van der Waals surface area contributed by atoms with Crippen molar-refractivity contribution in [1.29, 1.82) is 0 Å². The van der Waals surface area contributed by atoms with Gasteiger partial charge in [-0.25, -0.2) is 4.79 Å². The molecule has 1 aromatic heterocycles. The molecule has 142 valence electrons. The number of benzene rings is 1. The van der Waals surface area contributed by atoms with Gasteiger partial charge in [-0.05, 0) is 69.1 Å². The smallest absolute Gasteiger partial charge is 0.319 e. The average molecular weight is 368 g/mol. The molecule has 2 heterocycles. The molecule has 1 saturated carbocycles. The molecule has 4 rings (SSSR count). The van der Waals surface area contributed by atoms with Gasteiger partial charge in [0.15, 0.2) is 0 Å². The standard InChI is InChI=1S/C19H24N6O2/c26-17(19(8-11-20-12-9-19)25-13-1-10-21-25)22-14-2-4-15(5-3-14)23-18(27)24-16-6-7-16/h1-5,10,13,16,20H,6-9,11-12H2,(H,22,26)(H2,23,24,27). The van der Waals surface area contributed by atoms with Crippen LogP contribution in [0.25, 0.3) is 0 Å². The SMILES string of the molecule is O=C(Nc1ccc(NC(=O)C2(n3cccn3)CCNCC2)cc1)NC1CC1. The first-order valence-corrected chi connectivity index (χ1v) is 9.36. The number of carbonyl (C=O) groups excluding carboxylic acids is 2. The van der Waals surface area contributed by atoms with E-state index in [1.807, 2.05) is 12.3 Å². The maximum atomic E-state index is 13.1. The molecular formula is C19H24N6O2. The van der Waals surface area contributed by atoms with Crippen LogP contribution in [-0.4, -0.2) is 40.9 Å². The van der Waals surface area contributed by atoms with Crippen molar-refractivity contribution < 1.29 is 9.59 Å². The van der Waals surface area contributed by atoms with E-state index in [9.17, 15) is 9.59 Å². The third-order valence-electron chi connectivity index (χ3n) is 5.11. The van der Waals surface area contributed by atoms with Crippen LogP contribution in [-0.2, 0) is 10.3 Å². The summed E-state index contributed by atoms with van der Waals surface area (Å²) in [4.78, 5) is 24.9. The largest absolute Gasteiger partial charge is 0.335 e. The minimum absolute atomic E-state index is 0.0696. The summed E-state index contributed by atoms with van der Waals surface area (Å²) >= 11 is 0. The Morgan fingerprint density at radius 2 is 1.74 bits per heavy atom. The minimum Gasteiger partial charge on any atom is -0.335 e. The molecule has 2 aromatic rings. The number of nitrogens with one attached hydrogen (secondary N) is 4. The number of aromatic nitrogens is 2. The van der Waals surface area contributed by atoms with Crippen LogP contribution in [0, 0.1) is 0 Å². The normalized spacial score (nSPS) is 18.5. The predicted molar refractivity (Wildman–Crippen MR) is 103 cm³/mol. The summed E-state index contributed by atoms with van der Waals surface area (Å²) in [7, 11) is 0. The van der Waals surface area contributed by atoms with Gasteiger partial charge in [0, 0.05) is 29.8 Å². The molecule has 1 aliphatic carbocycles. The van der Waals surface area contributed by atoms with Gasteiger partial charge in [0.1, 0.15) is 5.54 Å². The van der Waals surface area contributed by atoms with Crippen molar-refractivity contribution in [3.63, 3.8) is 0 Å². The Kier molecular flexibility index (Phi) is 4.81. The molecule has 0 spiro atoms. The maximum Gasteiger partial charge on any atom is 0.319 e. The monoisotopic (exact) mass is 368 g/mol. The third-order valence-corrected chi connectivity index (χ3v) is 5.11. The van der Waals surface area contributed by atoms with Crippen LogP contribution >= 0.6 is 0 Å². The Labute approximate surface area is 157 Å². The number of urea groups is 1. The van der Waals surface area contributed by atoms with Gasteiger partial charge >= 0.3 is 6.03 Å². The lowest BCUT2D eigenvalue weighted by Gasteiger charge is -2.36. The lowest BCUT2D eigenvalue weighted by atomic mass is 9.87. The molecule has 3 amide bonds. The number of nitrogens with zero attached hydrogens (tertiary/aromatic N) is 2. The van der Waals surface area contributed by atoms with Crippen LogP contribution in [0.2, 0.25) is 0 Å². The zero-order valence-corrected chi connectivity index (χ0v) is 15.1.